The minimum Gasteiger partial charge on any atom is -0.456 e. The molecule has 0 aliphatic heterocycles. The van der Waals surface area contributed by atoms with Crippen LogP contribution in [0.5, 0.6) is 0 Å². The fourth-order valence-corrected chi connectivity index (χ4v) is 10.2. The van der Waals surface area contributed by atoms with E-state index in [1.165, 1.54) is 64.0 Å². The van der Waals surface area contributed by atoms with E-state index in [4.69, 9.17) is 4.42 Å². The van der Waals surface area contributed by atoms with Gasteiger partial charge >= 0.3 is 0 Å². The maximum atomic E-state index is 6.59. The largest absolute Gasteiger partial charge is 0.456 e. The quantitative estimate of drug-likeness (QED) is 0.157. The van der Waals surface area contributed by atoms with Gasteiger partial charge in [-0.3, -0.25) is 0 Å². The van der Waals surface area contributed by atoms with E-state index in [1.807, 2.05) is 11.3 Å². The lowest BCUT2D eigenvalue weighted by Crippen LogP contribution is -2.11. The zero-order valence-corrected chi connectivity index (χ0v) is 32.8. The lowest BCUT2D eigenvalue weighted by Gasteiger charge is -2.29. The highest BCUT2D eigenvalue weighted by Crippen LogP contribution is 2.49. The number of fused-ring (bicyclic) bond motifs is 9. The molecule has 0 saturated carbocycles. The van der Waals surface area contributed by atoms with E-state index in [0.717, 1.165) is 50.1 Å². The van der Waals surface area contributed by atoms with Gasteiger partial charge in [0.1, 0.15) is 11.2 Å². The van der Waals surface area contributed by atoms with Crippen molar-refractivity contribution in [3.63, 3.8) is 0 Å². The Bertz CT molecular complexity index is 3540. The third-order valence-corrected chi connectivity index (χ3v) is 13.0. The molecule has 0 atom stereocenters. The highest BCUT2D eigenvalue weighted by Gasteiger charge is 2.23. The van der Waals surface area contributed by atoms with Crippen molar-refractivity contribution in [1.82, 2.24) is 0 Å². The van der Waals surface area contributed by atoms with Crippen LogP contribution >= 0.6 is 11.3 Å². The van der Waals surface area contributed by atoms with Crippen LogP contribution in [0, 0.1) is 0 Å². The molecular formula is C56H35NOS. The summed E-state index contributed by atoms with van der Waals surface area (Å²) in [6.45, 7) is 0. The summed E-state index contributed by atoms with van der Waals surface area (Å²) in [6.07, 6.45) is 0. The molecule has 0 unspecified atom stereocenters. The monoisotopic (exact) mass is 769 g/mol. The molecule has 0 spiro atoms. The van der Waals surface area contributed by atoms with Gasteiger partial charge < -0.3 is 9.32 Å². The van der Waals surface area contributed by atoms with E-state index >= 15 is 0 Å². The predicted molar refractivity (Wildman–Crippen MR) is 253 cm³/mol. The number of anilines is 3. The number of hydrogen-bond acceptors (Lipinski definition) is 3. The summed E-state index contributed by atoms with van der Waals surface area (Å²) in [5.74, 6) is 0. The molecule has 12 rings (SSSR count). The molecule has 0 radical (unpaired) electrons. The first kappa shape index (κ1) is 33.7. The van der Waals surface area contributed by atoms with Crippen molar-refractivity contribution in [2.75, 3.05) is 4.90 Å². The van der Waals surface area contributed by atoms with E-state index in [2.05, 4.69) is 217 Å². The standard InChI is InChI=1S/C56H35NOS/c1-2-11-36(12-3-1)37-25-29-42(30-26-37)57(43-31-27-39(28-32-43)45-17-10-20-53-55(45)47-16-7-9-19-52(47)59-53)49-33-34-51-56(46-15-6-8-18-50(46)58-51)54(49)41-24-23-40-22-21-38-13-4-5-14-44(38)48(40)35-41/h1-35H. The van der Waals surface area contributed by atoms with Gasteiger partial charge in [-0.25, -0.2) is 0 Å². The Balaban J connectivity index is 1.10. The fourth-order valence-electron chi connectivity index (χ4n) is 9.11. The van der Waals surface area contributed by atoms with E-state index in [9.17, 15) is 0 Å². The van der Waals surface area contributed by atoms with Crippen molar-refractivity contribution in [3.8, 4) is 33.4 Å². The van der Waals surface area contributed by atoms with E-state index in [1.54, 1.807) is 0 Å². The van der Waals surface area contributed by atoms with Gasteiger partial charge in [0.2, 0.25) is 0 Å². The summed E-state index contributed by atoms with van der Waals surface area (Å²) in [7, 11) is 0. The smallest absolute Gasteiger partial charge is 0.136 e. The fraction of sp³-hybridized carbons (Fsp3) is 0. The summed E-state index contributed by atoms with van der Waals surface area (Å²) in [4.78, 5) is 2.42. The number of para-hydroxylation sites is 1. The second-order valence-corrected chi connectivity index (χ2v) is 16.3. The molecule has 0 saturated heterocycles. The minimum absolute atomic E-state index is 0.869. The van der Waals surface area contributed by atoms with Gasteiger partial charge in [0.15, 0.2) is 0 Å². The summed E-state index contributed by atoms with van der Waals surface area (Å²) >= 11 is 1.86. The summed E-state index contributed by atoms with van der Waals surface area (Å²) in [5.41, 5.74) is 12.1. The van der Waals surface area contributed by atoms with Crippen LogP contribution in [0.2, 0.25) is 0 Å². The van der Waals surface area contributed by atoms with Gasteiger partial charge in [0.25, 0.3) is 0 Å². The van der Waals surface area contributed by atoms with Crippen LogP contribution in [0.25, 0.3) is 97.0 Å². The number of furan rings is 1. The molecule has 0 aliphatic rings. The molecule has 0 fully saturated rings. The first-order valence-corrected chi connectivity index (χ1v) is 20.9. The Kier molecular flexibility index (Phi) is 7.75. The van der Waals surface area contributed by atoms with Crippen LogP contribution in [-0.4, -0.2) is 0 Å². The summed E-state index contributed by atoms with van der Waals surface area (Å²) < 4.78 is 9.21. The van der Waals surface area contributed by atoms with Gasteiger partial charge in [-0.15, -0.1) is 11.3 Å². The molecule has 12 aromatic rings. The number of hydrogen-bond donors (Lipinski definition) is 0. The second-order valence-electron chi connectivity index (χ2n) is 15.2. The average molecular weight is 770 g/mol. The van der Waals surface area contributed by atoms with E-state index in [-0.39, 0.29) is 0 Å². The topological polar surface area (TPSA) is 16.4 Å². The number of nitrogens with zero attached hydrogens (tertiary/aromatic N) is 1. The molecule has 0 amide bonds. The van der Waals surface area contributed by atoms with Crippen molar-refractivity contribution in [2.24, 2.45) is 0 Å². The lowest BCUT2D eigenvalue weighted by molar-refractivity contribution is 0.669. The SMILES string of the molecule is c1ccc(-c2ccc(N(c3ccc(-c4cccc5sc6ccccc6c45)cc3)c3ccc4oc5ccccc5c4c3-c3ccc4ccc5ccccc5c4c3)cc2)cc1. The third kappa shape index (κ3) is 5.55. The first-order valence-electron chi connectivity index (χ1n) is 20.1. The molecule has 0 aliphatic carbocycles. The number of rotatable bonds is 6. The van der Waals surface area contributed by atoms with Crippen LogP contribution in [0.15, 0.2) is 217 Å². The van der Waals surface area contributed by atoms with Crippen LogP contribution in [0.3, 0.4) is 0 Å². The molecule has 59 heavy (non-hydrogen) atoms. The molecule has 0 bridgehead atoms. The van der Waals surface area contributed by atoms with Gasteiger partial charge in [-0.1, -0.05) is 152 Å². The Labute approximate surface area is 345 Å². The Morgan fingerprint density at radius 1 is 0.356 bits per heavy atom. The molecule has 2 aromatic heterocycles. The molecule has 2 heterocycles. The van der Waals surface area contributed by atoms with Crippen molar-refractivity contribution in [2.45, 2.75) is 0 Å². The normalized spacial score (nSPS) is 11.7. The summed E-state index contributed by atoms with van der Waals surface area (Å²) in [5, 5.41) is 9.76. The Morgan fingerprint density at radius 2 is 0.966 bits per heavy atom. The molecule has 2 nitrogen and oxygen atoms in total. The van der Waals surface area contributed by atoms with Crippen LogP contribution in [0.1, 0.15) is 0 Å². The van der Waals surface area contributed by atoms with Crippen molar-refractivity contribution >= 4 is 92.1 Å². The molecule has 276 valence electrons. The van der Waals surface area contributed by atoms with Gasteiger partial charge in [-0.05, 0) is 110 Å². The van der Waals surface area contributed by atoms with Crippen LogP contribution < -0.4 is 4.90 Å². The second kappa shape index (κ2) is 13.6. The number of thiophene rings is 1. The van der Waals surface area contributed by atoms with Crippen molar-refractivity contribution in [3.05, 3.63) is 212 Å². The van der Waals surface area contributed by atoms with Gasteiger partial charge in [0.05, 0.1) is 5.69 Å². The zero-order chi connectivity index (χ0) is 38.9. The molecule has 0 N–H and O–H groups in total. The highest BCUT2D eigenvalue weighted by atomic mass is 32.1. The van der Waals surface area contributed by atoms with E-state index < -0.39 is 0 Å². The van der Waals surface area contributed by atoms with E-state index in [0.29, 0.717) is 0 Å². The third-order valence-electron chi connectivity index (χ3n) is 11.9. The first-order chi connectivity index (χ1) is 29.2. The minimum atomic E-state index is 0.869. The lowest BCUT2D eigenvalue weighted by atomic mass is 9.92. The average Bonchev–Trinajstić information content (AvgIpc) is 3.88. The molecular weight excluding hydrogens is 735 g/mol. The predicted octanol–water partition coefficient (Wildman–Crippen LogP) is 16.7. The van der Waals surface area contributed by atoms with Gasteiger partial charge in [0, 0.05) is 47.9 Å². The maximum absolute atomic E-state index is 6.59. The Morgan fingerprint density at radius 3 is 1.78 bits per heavy atom. The number of benzene rings is 10. The van der Waals surface area contributed by atoms with Gasteiger partial charge in [-0.2, -0.15) is 0 Å². The van der Waals surface area contributed by atoms with Crippen LogP contribution in [0.4, 0.5) is 17.1 Å². The summed E-state index contributed by atoms with van der Waals surface area (Å²) in [6, 6.07) is 77.0. The zero-order valence-electron chi connectivity index (χ0n) is 32.0. The highest BCUT2D eigenvalue weighted by molar-refractivity contribution is 7.25. The Hall–Kier alpha value is -7.46. The van der Waals surface area contributed by atoms with Crippen molar-refractivity contribution in [1.29, 1.82) is 0 Å². The maximum Gasteiger partial charge on any atom is 0.136 e. The molecule has 10 aromatic carbocycles. The molecule has 3 heteroatoms. The van der Waals surface area contributed by atoms with Crippen molar-refractivity contribution < 1.29 is 4.42 Å². The van der Waals surface area contributed by atoms with Crippen LogP contribution in [-0.2, 0) is 0 Å².